The van der Waals surface area contributed by atoms with Gasteiger partial charge in [0.2, 0.25) is 10.0 Å². The Morgan fingerprint density at radius 1 is 1.21 bits per heavy atom. The van der Waals surface area contributed by atoms with Crippen molar-refractivity contribution in [3.05, 3.63) is 58.6 Å². The van der Waals surface area contributed by atoms with Crippen molar-refractivity contribution < 1.29 is 17.2 Å². The summed E-state index contributed by atoms with van der Waals surface area (Å²) in [6, 6.07) is 6.72. The lowest BCUT2D eigenvalue weighted by atomic mass is 10.2. The first-order valence-electron chi connectivity index (χ1n) is 8.33. The van der Waals surface area contributed by atoms with E-state index in [1.165, 1.54) is 17.0 Å². The Bertz CT molecular complexity index is 1210. The normalized spacial score (nSPS) is 11.7. The average molecular weight is 425 g/mol. The zero-order chi connectivity index (χ0) is 20.5. The number of aromatic nitrogens is 2. The Labute approximate surface area is 164 Å². The van der Waals surface area contributed by atoms with Gasteiger partial charge in [-0.15, -0.1) is 0 Å². The smallest absolute Gasteiger partial charge is 0.260 e. The highest BCUT2D eigenvalue weighted by atomic mass is 32.2. The summed E-state index contributed by atoms with van der Waals surface area (Å²) in [7, 11) is -2.17. The predicted octanol–water partition coefficient (Wildman–Crippen LogP) is 3.51. The summed E-state index contributed by atoms with van der Waals surface area (Å²) in [5.41, 5.74) is -0.139. The van der Waals surface area contributed by atoms with Gasteiger partial charge in [-0.2, -0.15) is 0 Å². The van der Waals surface area contributed by atoms with Crippen LogP contribution in [0.2, 0.25) is 0 Å². The number of nitrogens with one attached hydrogen (secondary N) is 1. The Kier molecular flexibility index (Phi) is 5.71. The molecule has 1 aromatic heterocycles. The molecule has 0 aliphatic heterocycles. The molecule has 0 spiro atoms. The van der Waals surface area contributed by atoms with E-state index in [0.29, 0.717) is 22.2 Å². The van der Waals surface area contributed by atoms with Crippen LogP contribution in [0, 0.1) is 11.6 Å². The molecule has 0 fully saturated rings. The molecule has 3 rings (SSSR count). The average Bonchev–Trinajstić information content (AvgIpc) is 2.64. The molecule has 0 radical (unpaired) electrons. The summed E-state index contributed by atoms with van der Waals surface area (Å²) >= 11 is 0.763. The maximum atomic E-state index is 14.8. The summed E-state index contributed by atoms with van der Waals surface area (Å²) in [6.45, 7) is 1.68. The third kappa shape index (κ3) is 4.17. The second-order valence-electron chi connectivity index (χ2n) is 6.10. The maximum absolute atomic E-state index is 14.8. The van der Waals surface area contributed by atoms with E-state index in [9.17, 15) is 22.0 Å². The van der Waals surface area contributed by atoms with Gasteiger partial charge in [-0.1, -0.05) is 18.7 Å². The van der Waals surface area contributed by atoms with Crippen LogP contribution in [0.15, 0.2) is 51.2 Å². The van der Waals surface area contributed by atoms with Crippen LogP contribution in [0.3, 0.4) is 0 Å². The van der Waals surface area contributed by atoms with Crippen molar-refractivity contribution in [2.75, 3.05) is 10.5 Å². The zero-order valence-corrected chi connectivity index (χ0v) is 16.7. The highest BCUT2D eigenvalue weighted by molar-refractivity contribution is 7.99. The number of halogens is 2. The number of hydrogen-bond acceptors (Lipinski definition) is 5. The van der Waals surface area contributed by atoms with E-state index in [1.54, 1.807) is 26.1 Å². The van der Waals surface area contributed by atoms with Gasteiger partial charge < -0.3 is 4.57 Å². The lowest BCUT2D eigenvalue weighted by molar-refractivity contribution is 0.543. The molecule has 28 heavy (non-hydrogen) atoms. The standard InChI is InChI=1S/C18H17F2N3O3S2/c1-3-8-28(25,26)22-15-7-5-13(19)17(16(15)20)27-11-4-6-14-12(9-11)18(24)23(2)10-21-14/h4-7,9-10,22H,3,8H2,1-2H3. The van der Waals surface area contributed by atoms with Crippen LogP contribution in [-0.2, 0) is 17.1 Å². The Morgan fingerprint density at radius 2 is 1.96 bits per heavy atom. The van der Waals surface area contributed by atoms with Crippen LogP contribution < -0.4 is 10.3 Å². The third-order valence-electron chi connectivity index (χ3n) is 3.90. The zero-order valence-electron chi connectivity index (χ0n) is 15.1. The lowest BCUT2D eigenvalue weighted by Crippen LogP contribution is -2.17. The van der Waals surface area contributed by atoms with Gasteiger partial charge in [0, 0.05) is 11.9 Å². The molecule has 148 valence electrons. The van der Waals surface area contributed by atoms with Crippen LogP contribution in [-0.4, -0.2) is 23.7 Å². The van der Waals surface area contributed by atoms with Gasteiger partial charge in [0.25, 0.3) is 5.56 Å². The van der Waals surface area contributed by atoms with Crippen LogP contribution in [0.4, 0.5) is 14.5 Å². The van der Waals surface area contributed by atoms with Gasteiger partial charge in [-0.25, -0.2) is 22.2 Å². The van der Waals surface area contributed by atoms with E-state index < -0.39 is 21.7 Å². The van der Waals surface area contributed by atoms with E-state index >= 15 is 0 Å². The first kappa shape index (κ1) is 20.3. The second-order valence-corrected chi connectivity index (χ2v) is 9.03. The van der Waals surface area contributed by atoms with Gasteiger partial charge in [0.1, 0.15) is 5.82 Å². The first-order chi connectivity index (χ1) is 13.2. The van der Waals surface area contributed by atoms with Gasteiger partial charge in [-0.3, -0.25) is 9.52 Å². The molecule has 0 saturated carbocycles. The van der Waals surface area contributed by atoms with Gasteiger partial charge >= 0.3 is 0 Å². The SMILES string of the molecule is CCCS(=O)(=O)Nc1ccc(F)c(Sc2ccc3ncn(C)c(=O)c3c2)c1F. The van der Waals surface area contributed by atoms with E-state index in [-0.39, 0.29) is 21.9 Å². The summed E-state index contributed by atoms with van der Waals surface area (Å²) in [4.78, 5) is 16.4. The van der Waals surface area contributed by atoms with Gasteiger partial charge in [0.05, 0.1) is 33.6 Å². The molecular weight excluding hydrogens is 408 g/mol. The van der Waals surface area contributed by atoms with Gasteiger partial charge in [0.15, 0.2) is 5.82 Å². The number of rotatable bonds is 6. The van der Waals surface area contributed by atoms with E-state index in [2.05, 4.69) is 9.71 Å². The molecule has 0 bridgehead atoms. The molecule has 0 aliphatic carbocycles. The van der Waals surface area contributed by atoms with Crippen LogP contribution in [0.1, 0.15) is 13.3 Å². The molecule has 2 aromatic carbocycles. The Morgan fingerprint density at radius 3 is 2.68 bits per heavy atom. The largest absolute Gasteiger partial charge is 0.302 e. The molecule has 0 amide bonds. The van der Waals surface area contributed by atoms with Crippen LogP contribution >= 0.6 is 11.8 Å². The molecule has 0 atom stereocenters. The monoisotopic (exact) mass is 425 g/mol. The predicted molar refractivity (Wildman–Crippen MR) is 105 cm³/mol. The summed E-state index contributed by atoms with van der Waals surface area (Å²) in [6.07, 6.45) is 1.75. The fraction of sp³-hybridized carbons (Fsp3) is 0.222. The summed E-state index contributed by atoms with van der Waals surface area (Å²) in [5.74, 6) is -2.02. The quantitative estimate of drug-likeness (QED) is 0.654. The fourth-order valence-electron chi connectivity index (χ4n) is 2.56. The number of aryl methyl sites for hydroxylation is 1. The Balaban J connectivity index is 2.00. The molecule has 3 aromatic rings. The van der Waals surface area contributed by atoms with Crippen LogP contribution in [0.25, 0.3) is 10.9 Å². The highest BCUT2D eigenvalue weighted by Crippen LogP contribution is 2.36. The van der Waals surface area contributed by atoms with Crippen molar-refractivity contribution in [2.24, 2.45) is 7.05 Å². The number of fused-ring (bicyclic) bond motifs is 1. The second kappa shape index (κ2) is 7.88. The summed E-state index contributed by atoms with van der Waals surface area (Å²) in [5, 5.41) is 0.315. The van der Waals surface area contributed by atoms with E-state index in [4.69, 9.17) is 0 Å². The van der Waals surface area contributed by atoms with Crippen molar-refractivity contribution in [1.82, 2.24) is 9.55 Å². The van der Waals surface area contributed by atoms with Crippen molar-refractivity contribution >= 4 is 38.4 Å². The van der Waals surface area contributed by atoms with Crippen molar-refractivity contribution in [1.29, 1.82) is 0 Å². The number of sulfonamides is 1. The molecular formula is C18H17F2N3O3S2. The number of anilines is 1. The topological polar surface area (TPSA) is 81.1 Å². The molecule has 0 unspecified atom stereocenters. The summed E-state index contributed by atoms with van der Waals surface area (Å²) < 4.78 is 56.3. The first-order valence-corrected chi connectivity index (χ1v) is 10.8. The minimum absolute atomic E-state index is 0.173. The molecule has 0 saturated heterocycles. The molecule has 1 heterocycles. The van der Waals surface area contributed by atoms with Crippen molar-refractivity contribution in [2.45, 2.75) is 23.1 Å². The third-order valence-corrected chi connectivity index (χ3v) is 6.44. The lowest BCUT2D eigenvalue weighted by Gasteiger charge is -2.12. The van der Waals surface area contributed by atoms with E-state index in [1.807, 2.05) is 0 Å². The minimum atomic E-state index is -3.72. The van der Waals surface area contributed by atoms with E-state index in [0.717, 1.165) is 23.9 Å². The number of hydrogen-bond donors (Lipinski definition) is 1. The molecule has 10 heteroatoms. The number of benzene rings is 2. The molecule has 0 aliphatic rings. The Hall–Kier alpha value is -2.46. The minimum Gasteiger partial charge on any atom is -0.302 e. The highest BCUT2D eigenvalue weighted by Gasteiger charge is 2.19. The maximum Gasteiger partial charge on any atom is 0.260 e. The van der Waals surface area contributed by atoms with Crippen molar-refractivity contribution in [3.63, 3.8) is 0 Å². The molecule has 6 nitrogen and oxygen atoms in total. The number of nitrogens with zero attached hydrogens (tertiary/aromatic N) is 2. The fourth-order valence-corrected chi connectivity index (χ4v) is 4.61. The van der Waals surface area contributed by atoms with Crippen molar-refractivity contribution in [3.8, 4) is 0 Å². The molecule has 1 N–H and O–H groups in total. The van der Waals surface area contributed by atoms with Crippen LogP contribution in [0.5, 0.6) is 0 Å². The van der Waals surface area contributed by atoms with Gasteiger partial charge in [-0.05, 0) is 36.8 Å².